The zero-order valence-corrected chi connectivity index (χ0v) is 10.6. The average molecular weight is 298 g/mol. The molecule has 3 nitrogen and oxygen atoms in total. The summed E-state index contributed by atoms with van der Waals surface area (Å²) >= 11 is 3.07. The van der Waals surface area contributed by atoms with Gasteiger partial charge in [-0.25, -0.2) is 9.37 Å². The Hall–Kier alpha value is -1.62. The third-order valence-corrected chi connectivity index (χ3v) is 2.70. The number of hydrogen-bond acceptors (Lipinski definition) is 3. The van der Waals surface area contributed by atoms with Crippen LogP contribution in [-0.2, 0) is 0 Å². The fourth-order valence-electron chi connectivity index (χ4n) is 1.26. The number of ether oxygens (including phenoxy) is 2. The molecule has 0 saturated heterocycles. The second-order valence-electron chi connectivity index (χ2n) is 3.19. The van der Waals surface area contributed by atoms with Gasteiger partial charge in [0.1, 0.15) is 11.6 Å². The average Bonchev–Trinajstić information content (AvgIpc) is 2.34. The van der Waals surface area contributed by atoms with Crippen molar-refractivity contribution in [3.05, 3.63) is 46.8 Å². The molecule has 0 radical (unpaired) electrons. The molecular formula is C12H9BrFNO2. The first-order valence-corrected chi connectivity index (χ1v) is 5.62. The Bertz CT molecular complexity index is 534. The lowest BCUT2D eigenvalue weighted by atomic mass is 10.3. The number of rotatable bonds is 3. The summed E-state index contributed by atoms with van der Waals surface area (Å²) < 4.78 is 24.2. The van der Waals surface area contributed by atoms with Crippen LogP contribution in [-0.4, -0.2) is 12.1 Å². The molecule has 1 aromatic carbocycles. The van der Waals surface area contributed by atoms with Crippen LogP contribution in [0.25, 0.3) is 0 Å². The number of hydrogen-bond donors (Lipinski definition) is 0. The van der Waals surface area contributed by atoms with Gasteiger partial charge in [0, 0.05) is 12.3 Å². The first kappa shape index (κ1) is 11.9. The third-order valence-electron chi connectivity index (χ3n) is 2.06. The van der Waals surface area contributed by atoms with Crippen molar-refractivity contribution in [2.45, 2.75) is 0 Å². The predicted octanol–water partition coefficient (Wildman–Crippen LogP) is 3.78. The highest BCUT2D eigenvalue weighted by atomic mass is 79.9. The second kappa shape index (κ2) is 5.14. The zero-order valence-electron chi connectivity index (χ0n) is 8.98. The van der Waals surface area contributed by atoms with Crippen molar-refractivity contribution in [2.75, 3.05) is 7.11 Å². The molecule has 0 spiro atoms. The van der Waals surface area contributed by atoms with Crippen LogP contribution in [0, 0.1) is 5.82 Å². The van der Waals surface area contributed by atoms with Crippen LogP contribution in [0.15, 0.2) is 41.0 Å². The molecule has 1 aromatic heterocycles. The van der Waals surface area contributed by atoms with E-state index >= 15 is 0 Å². The van der Waals surface area contributed by atoms with Gasteiger partial charge in [-0.05, 0) is 40.2 Å². The van der Waals surface area contributed by atoms with Crippen molar-refractivity contribution in [3.8, 4) is 17.4 Å². The van der Waals surface area contributed by atoms with Crippen molar-refractivity contribution in [2.24, 2.45) is 0 Å². The first-order valence-electron chi connectivity index (χ1n) is 4.82. The molecule has 0 unspecified atom stereocenters. The molecular weight excluding hydrogens is 289 g/mol. The second-order valence-corrected chi connectivity index (χ2v) is 4.04. The van der Waals surface area contributed by atoms with E-state index in [2.05, 4.69) is 20.9 Å². The SMILES string of the molecule is COc1cccnc1Oc1ccc(Br)c(F)c1. The molecule has 0 atom stereocenters. The maximum absolute atomic E-state index is 13.3. The molecule has 2 rings (SSSR count). The Kier molecular flexibility index (Phi) is 3.58. The van der Waals surface area contributed by atoms with E-state index in [-0.39, 0.29) is 0 Å². The van der Waals surface area contributed by atoms with Gasteiger partial charge in [0.2, 0.25) is 0 Å². The Morgan fingerprint density at radius 1 is 1.29 bits per heavy atom. The lowest BCUT2D eigenvalue weighted by Gasteiger charge is -2.08. The summed E-state index contributed by atoms with van der Waals surface area (Å²) in [5.41, 5.74) is 0. The maximum Gasteiger partial charge on any atom is 0.262 e. The minimum atomic E-state index is -0.391. The number of halogens is 2. The molecule has 1 heterocycles. The molecule has 0 aliphatic carbocycles. The number of methoxy groups -OCH3 is 1. The molecule has 0 N–H and O–H groups in total. The van der Waals surface area contributed by atoms with Gasteiger partial charge < -0.3 is 9.47 Å². The summed E-state index contributed by atoms with van der Waals surface area (Å²) in [5.74, 6) is 0.771. The molecule has 88 valence electrons. The number of aromatic nitrogens is 1. The Morgan fingerprint density at radius 2 is 2.12 bits per heavy atom. The van der Waals surface area contributed by atoms with Gasteiger partial charge >= 0.3 is 0 Å². The molecule has 0 bridgehead atoms. The van der Waals surface area contributed by atoms with Crippen molar-refractivity contribution in [3.63, 3.8) is 0 Å². The van der Waals surface area contributed by atoms with E-state index in [1.807, 2.05) is 0 Å². The summed E-state index contributed by atoms with van der Waals surface area (Å²) in [6, 6.07) is 7.94. The van der Waals surface area contributed by atoms with Gasteiger partial charge in [0.25, 0.3) is 5.88 Å². The Balaban J connectivity index is 2.28. The predicted molar refractivity (Wildman–Crippen MR) is 65.0 cm³/mol. The van der Waals surface area contributed by atoms with Crippen LogP contribution in [0.1, 0.15) is 0 Å². The third kappa shape index (κ3) is 2.74. The largest absolute Gasteiger partial charge is 0.491 e. The minimum absolute atomic E-state index is 0.303. The first-order chi connectivity index (χ1) is 8.20. The smallest absolute Gasteiger partial charge is 0.262 e. The minimum Gasteiger partial charge on any atom is -0.491 e. The summed E-state index contributed by atoms with van der Waals surface area (Å²) in [4.78, 5) is 4.02. The van der Waals surface area contributed by atoms with E-state index in [1.165, 1.54) is 13.2 Å². The van der Waals surface area contributed by atoms with E-state index in [9.17, 15) is 4.39 Å². The van der Waals surface area contributed by atoms with E-state index in [4.69, 9.17) is 9.47 Å². The van der Waals surface area contributed by atoms with Gasteiger partial charge in [-0.3, -0.25) is 0 Å². The van der Waals surface area contributed by atoms with Gasteiger partial charge in [0.15, 0.2) is 5.75 Å². The highest BCUT2D eigenvalue weighted by Crippen LogP contribution is 2.30. The Labute approximate surface area is 106 Å². The lowest BCUT2D eigenvalue weighted by Crippen LogP contribution is -1.93. The van der Waals surface area contributed by atoms with Crippen LogP contribution in [0.2, 0.25) is 0 Å². The molecule has 0 saturated carbocycles. The van der Waals surface area contributed by atoms with Crippen LogP contribution >= 0.6 is 15.9 Å². The fourth-order valence-corrected chi connectivity index (χ4v) is 1.51. The van der Waals surface area contributed by atoms with E-state index in [0.29, 0.717) is 21.9 Å². The van der Waals surface area contributed by atoms with Crippen LogP contribution in [0.4, 0.5) is 4.39 Å². The van der Waals surface area contributed by atoms with Crippen molar-refractivity contribution in [1.29, 1.82) is 0 Å². The summed E-state index contributed by atoms with van der Waals surface area (Å²) in [5, 5.41) is 0. The quantitative estimate of drug-likeness (QED) is 0.864. The topological polar surface area (TPSA) is 31.4 Å². The van der Waals surface area contributed by atoms with Crippen molar-refractivity contribution < 1.29 is 13.9 Å². The molecule has 5 heteroatoms. The number of nitrogens with zero attached hydrogens (tertiary/aromatic N) is 1. The fraction of sp³-hybridized carbons (Fsp3) is 0.0833. The van der Waals surface area contributed by atoms with E-state index in [0.717, 1.165) is 0 Å². The van der Waals surface area contributed by atoms with E-state index in [1.54, 1.807) is 30.5 Å². The standard InChI is InChI=1S/C12H9BrFNO2/c1-16-11-3-2-6-15-12(11)17-8-4-5-9(13)10(14)7-8/h2-7H,1H3. The van der Waals surface area contributed by atoms with Crippen molar-refractivity contribution >= 4 is 15.9 Å². The van der Waals surface area contributed by atoms with Crippen LogP contribution < -0.4 is 9.47 Å². The summed E-state index contributed by atoms with van der Waals surface area (Å²) in [7, 11) is 1.52. The molecule has 0 aliphatic rings. The van der Waals surface area contributed by atoms with Crippen LogP contribution in [0.3, 0.4) is 0 Å². The van der Waals surface area contributed by atoms with E-state index < -0.39 is 5.82 Å². The van der Waals surface area contributed by atoms with Gasteiger partial charge in [0.05, 0.1) is 11.6 Å². The maximum atomic E-state index is 13.3. The van der Waals surface area contributed by atoms with Crippen LogP contribution in [0.5, 0.6) is 17.4 Å². The summed E-state index contributed by atoms with van der Waals surface area (Å²) in [6.45, 7) is 0. The Morgan fingerprint density at radius 3 is 2.82 bits per heavy atom. The molecule has 0 aliphatic heterocycles. The van der Waals surface area contributed by atoms with Gasteiger partial charge in [-0.1, -0.05) is 0 Å². The molecule has 0 amide bonds. The van der Waals surface area contributed by atoms with Gasteiger partial charge in [-0.2, -0.15) is 0 Å². The molecule has 17 heavy (non-hydrogen) atoms. The highest BCUT2D eigenvalue weighted by molar-refractivity contribution is 9.10. The molecule has 2 aromatic rings. The number of benzene rings is 1. The highest BCUT2D eigenvalue weighted by Gasteiger charge is 2.07. The normalized spacial score (nSPS) is 10.1. The zero-order chi connectivity index (χ0) is 12.3. The monoisotopic (exact) mass is 297 g/mol. The van der Waals surface area contributed by atoms with Crippen molar-refractivity contribution in [1.82, 2.24) is 4.98 Å². The molecule has 0 fully saturated rings. The lowest BCUT2D eigenvalue weighted by molar-refractivity contribution is 0.369. The number of pyridine rings is 1. The summed E-state index contributed by atoms with van der Waals surface area (Å²) in [6.07, 6.45) is 1.58. The van der Waals surface area contributed by atoms with Gasteiger partial charge in [-0.15, -0.1) is 0 Å².